The lowest BCUT2D eigenvalue weighted by atomic mass is 10.2. The van der Waals surface area contributed by atoms with Crippen molar-refractivity contribution in [2.24, 2.45) is 0 Å². The lowest BCUT2D eigenvalue weighted by molar-refractivity contribution is 0.102. The van der Waals surface area contributed by atoms with E-state index in [1.54, 1.807) is 0 Å². The van der Waals surface area contributed by atoms with Crippen molar-refractivity contribution in [2.45, 2.75) is 0 Å². The Hall–Kier alpha value is -0.370. The van der Waals surface area contributed by atoms with Gasteiger partial charge in [0, 0.05) is 8.04 Å². The number of halogens is 4. The molecule has 2 rings (SSSR count). The molecule has 19 heavy (non-hydrogen) atoms. The van der Waals surface area contributed by atoms with Crippen LogP contribution in [-0.2, 0) is 0 Å². The van der Waals surface area contributed by atoms with Crippen molar-refractivity contribution in [2.75, 3.05) is 5.32 Å². The topological polar surface area (TPSA) is 42.0 Å². The van der Waals surface area contributed by atoms with Crippen LogP contribution >= 0.6 is 61.7 Å². The second-order valence-corrected chi connectivity index (χ2v) is 6.40. The van der Waals surface area contributed by atoms with Gasteiger partial charge in [0.25, 0.3) is 5.91 Å². The van der Waals surface area contributed by atoms with Gasteiger partial charge in [-0.25, -0.2) is 4.98 Å². The molecule has 1 aromatic heterocycles. The second kappa shape index (κ2) is 6.39. The highest BCUT2D eigenvalue weighted by atomic mass is 127. The quantitative estimate of drug-likeness (QED) is 0.494. The van der Waals surface area contributed by atoms with E-state index in [9.17, 15) is 4.79 Å². The van der Waals surface area contributed by atoms with Crippen molar-refractivity contribution in [1.29, 1.82) is 0 Å². The summed E-state index contributed by atoms with van der Waals surface area (Å²) in [6.45, 7) is 0. The number of hydrogen-bond donors (Lipinski definition) is 1. The summed E-state index contributed by atoms with van der Waals surface area (Å²) in [4.78, 5) is 15.9. The van der Waals surface area contributed by atoms with Crippen LogP contribution in [0.3, 0.4) is 0 Å². The van der Waals surface area contributed by atoms with Crippen LogP contribution in [0.5, 0.6) is 0 Å². The molecule has 98 valence electrons. The van der Waals surface area contributed by atoms with Gasteiger partial charge in [-0.15, -0.1) is 0 Å². The molecular formula is C12H6BrCl2IN2O. The van der Waals surface area contributed by atoms with Gasteiger partial charge >= 0.3 is 0 Å². The summed E-state index contributed by atoms with van der Waals surface area (Å²) in [5.41, 5.74) is 0.944. The Morgan fingerprint density at radius 3 is 2.68 bits per heavy atom. The van der Waals surface area contributed by atoms with E-state index in [1.165, 1.54) is 12.1 Å². The number of hydrogen-bond acceptors (Lipinski definition) is 2. The van der Waals surface area contributed by atoms with Gasteiger partial charge in [-0.05, 0) is 68.9 Å². The number of pyridine rings is 1. The zero-order valence-electron chi connectivity index (χ0n) is 9.25. The van der Waals surface area contributed by atoms with Crippen LogP contribution < -0.4 is 5.32 Å². The van der Waals surface area contributed by atoms with Crippen LogP contribution in [0.4, 0.5) is 5.69 Å². The number of nitrogens with zero attached hydrogens (tertiary/aromatic N) is 1. The third-order valence-electron chi connectivity index (χ3n) is 2.24. The number of anilines is 1. The van der Waals surface area contributed by atoms with Crippen LogP contribution in [0.1, 0.15) is 10.4 Å². The van der Waals surface area contributed by atoms with Crippen molar-refractivity contribution in [3.8, 4) is 0 Å². The summed E-state index contributed by atoms with van der Waals surface area (Å²) in [6, 6.07) is 8.69. The average molecular weight is 472 g/mol. The van der Waals surface area contributed by atoms with Crippen molar-refractivity contribution in [1.82, 2.24) is 4.98 Å². The van der Waals surface area contributed by atoms with Crippen molar-refractivity contribution >= 4 is 73.3 Å². The van der Waals surface area contributed by atoms with Crippen LogP contribution in [0.25, 0.3) is 0 Å². The van der Waals surface area contributed by atoms with Crippen molar-refractivity contribution < 1.29 is 4.79 Å². The molecule has 1 aromatic carbocycles. The minimum atomic E-state index is -0.336. The fourth-order valence-electron chi connectivity index (χ4n) is 1.36. The average Bonchev–Trinajstić information content (AvgIpc) is 2.33. The Labute approximate surface area is 142 Å². The highest BCUT2D eigenvalue weighted by molar-refractivity contribution is 14.1. The van der Waals surface area contributed by atoms with E-state index >= 15 is 0 Å². The fourth-order valence-corrected chi connectivity index (χ4v) is 2.63. The van der Waals surface area contributed by atoms with Crippen LogP contribution in [0.15, 0.2) is 34.8 Å². The standard InChI is InChI=1S/C12H6BrCl2IN2O/c13-8-3-1-6(16)5-9(8)17-12(19)7-2-4-10(14)18-11(7)15/h1-5H,(H,17,19). The Kier molecular flexibility index (Phi) is 5.05. The first kappa shape index (κ1) is 15.0. The van der Waals surface area contributed by atoms with Crippen molar-refractivity contribution in [3.63, 3.8) is 0 Å². The molecule has 0 fully saturated rings. The van der Waals surface area contributed by atoms with Gasteiger partial charge in [-0.2, -0.15) is 0 Å². The maximum absolute atomic E-state index is 12.1. The first-order chi connectivity index (χ1) is 8.97. The summed E-state index contributed by atoms with van der Waals surface area (Å²) < 4.78 is 1.80. The number of carbonyl (C=O) groups excluding carboxylic acids is 1. The first-order valence-electron chi connectivity index (χ1n) is 5.06. The molecule has 0 spiro atoms. The van der Waals surface area contributed by atoms with Gasteiger partial charge in [-0.3, -0.25) is 4.79 Å². The fraction of sp³-hybridized carbons (Fsp3) is 0. The van der Waals surface area contributed by atoms with Gasteiger partial charge in [0.05, 0.1) is 11.3 Å². The van der Waals surface area contributed by atoms with Crippen LogP contribution in [-0.4, -0.2) is 10.9 Å². The number of carbonyl (C=O) groups is 1. The zero-order valence-corrected chi connectivity index (χ0v) is 14.5. The van der Waals surface area contributed by atoms with E-state index in [4.69, 9.17) is 23.2 Å². The molecule has 0 saturated heterocycles. The predicted molar refractivity (Wildman–Crippen MR) is 89.1 cm³/mol. The molecule has 2 aromatic rings. The Morgan fingerprint density at radius 1 is 1.26 bits per heavy atom. The summed E-state index contributed by atoms with van der Waals surface area (Å²) in [5, 5.41) is 3.09. The highest BCUT2D eigenvalue weighted by Gasteiger charge is 2.13. The van der Waals surface area contributed by atoms with Crippen molar-refractivity contribution in [3.05, 3.63) is 54.2 Å². The zero-order chi connectivity index (χ0) is 14.0. The number of nitrogens with one attached hydrogen (secondary N) is 1. The third-order valence-corrected chi connectivity index (χ3v) is 4.10. The van der Waals surface area contributed by atoms with E-state index in [-0.39, 0.29) is 21.8 Å². The molecule has 1 heterocycles. The Bertz CT molecular complexity index is 652. The normalized spacial score (nSPS) is 10.3. The number of benzene rings is 1. The van der Waals surface area contributed by atoms with Gasteiger partial charge in [0.15, 0.2) is 0 Å². The second-order valence-electron chi connectivity index (χ2n) is 3.55. The minimum Gasteiger partial charge on any atom is -0.321 e. The molecular weight excluding hydrogens is 466 g/mol. The molecule has 0 aliphatic heterocycles. The number of rotatable bonds is 2. The molecule has 0 bridgehead atoms. The lowest BCUT2D eigenvalue weighted by Crippen LogP contribution is -2.13. The summed E-state index contributed by atoms with van der Waals surface area (Å²) in [6.07, 6.45) is 0. The molecule has 0 unspecified atom stereocenters. The smallest absolute Gasteiger partial charge is 0.258 e. The minimum absolute atomic E-state index is 0.0757. The monoisotopic (exact) mass is 470 g/mol. The number of aromatic nitrogens is 1. The molecule has 1 amide bonds. The van der Waals surface area contributed by atoms with Gasteiger partial charge in [0.1, 0.15) is 10.3 Å². The molecule has 0 saturated carbocycles. The highest BCUT2D eigenvalue weighted by Crippen LogP contribution is 2.26. The first-order valence-corrected chi connectivity index (χ1v) is 7.68. The van der Waals surface area contributed by atoms with E-state index in [2.05, 4.69) is 48.8 Å². The van der Waals surface area contributed by atoms with E-state index in [0.717, 1.165) is 8.04 Å². The summed E-state index contributed by atoms with van der Waals surface area (Å²) in [7, 11) is 0. The molecule has 0 aliphatic rings. The molecule has 1 N–H and O–H groups in total. The lowest BCUT2D eigenvalue weighted by Gasteiger charge is -2.08. The summed E-state index contributed by atoms with van der Waals surface area (Å²) in [5.74, 6) is -0.336. The van der Waals surface area contributed by atoms with E-state index in [1.807, 2.05) is 18.2 Å². The van der Waals surface area contributed by atoms with Crippen LogP contribution in [0.2, 0.25) is 10.3 Å². The predicted octanol–water partition coefficient (Wildman–Crippen LogP) is 5.01. The van der Waals surface area contributed by atoms with Gasteiger partial charge in [0.2, 0.25) is 0 Å². The third kappa shape index (κ3) is 3.81. The Balaban J connectivity index is 2.28. The van der Waals surface area contributed by atoms with Crippen LogP contribution in [0, 0.1) is 3.57 Å². The summed E-state index contributed by atoms with van der Waals surface area (Å²) >= 11 is 17.1. The SMILES string of the molecule is O=C(Nc1cc(I)ccc1Br)c1ccc(Cl)nc1Cl. The molecule has 0 radical (unpaired) electrons. The molecule has 0 aliphatic carbocycles. The largest absolute Gasteiger partial charge is 0.321 e. The van der Waals surface area contributed by atoms with Gasteiger partial charge in [-0.1, -0.05) is 23.2 Å². The van der Waals surface area contributed by atoms with Gasteiger partial charge < -0.3 is 5.32 Å². The molecule has 0 atom stereocenters. The maximum Gasteiger partial charge on any atom is 0.258 e. The molecule has 3 nitrogen and oxygen atoms in total. The number of amides is 1. The van der Waals surface area contributed by atoms with E-state index in [0.29, 0.717) is 5.69 Å². The van der Waals surface area contributed by atoms with E-state index < -0.39 is 0 Å². The maximum atomic E-state index is 12.1. The Morgan fingerprint density at radius 2 is 2.00 bits per heavy atom. The molecule has 7 heteroatoms.